The molecule has 0 spiro atoms. The number of aromatic nitrogens is 1. The first-order valence-corrected chi connectivity index (χ1v) is 6.65. The summed E-state index contributed by atoms with van der Waals surface area (Å²) >= 11 is 1.27. The Morgan fingerprint density at radius 3 is 2.75 bits per heavy atom. The number of rotatable bonds is 4. The zero-order valence-electron chi connectivity index (χ0n) is 10.6. The van der Waals surface area contributed by atoms with Gasteiger partial charge in [0.2, 0.25) is 0 Å². The van der Waals surface area contributed by atoms with E-state index >= 15 is 0 Å². The van der Waals surface area contributed by atoms with Crippen LogP contribution >= 0.6 is 11.3 Å². The summed E-state index contributed by atoms with van der Waals surface area (Å²) in [5.41, 5.74) is -0.113. The van der Waals surface area contributed by atoms with Gasteiger partial charge in [-0.25, -0.2) is 0 Å². The van der Waals surface area contributed by atoms with Crippen molar-refractivity contribution in [2.45, 2.75) is 13.3 Å². The van der Waals surface area contributed by atoms with E-state index < -0.39 is 11.3 Å². The molecule has 2 rings (SSSR count). The largest absolute Gasteiger partial charge is 0.325 e. The number of carbonyl (C=O) groups is 2. The van der Waals surface area contributed by atoms with Gasteiger partial charge in [-0.1, -0.05) is 6.07 Å². The number of aryl methyl sites for hydroxylation is 1. The summed E-state index contributed by atoms with van der Waals surface area (Å²) in [5, 5.41) is 10.6. The molecule has 0 saturated heterocycles. The third-order valence-corrected chi connectivity index (χ3v) is 3.69. The van der Waals surface area contributed by atoms with Crippen molar-refractivity contribution in [1.82, 2.24) is 4.98 Å². The van der Waals surface area contributed by atoms with Crippen LogP contribution in [-0.4, -0.2) is 16.6 Å². The monoisotopic (exact) mass is 286 g/mol. The molecule has 6 heteroatoms. The number of hydrogen-bond donors (Lipinski definition) is 1. The molecule has 2 heterocycles. The molecular formula is C14H10N2O3S. The van der Waals surface area contributed by atoms with Crippen LogP contribution in [0.25, 0.3) is 0 Å². The SMILES string of the molecule is Cc1[nH]c(=O)c(C#N)cc1C(=O)CC(=O)c1cccs1. The molecule has 0 bridgehead atoms. The van der Waals surface area contributed by atoms with E-state index in [2.05, 4.69) is 4.98 Å². The molecular weight excluding hydrogens is 276 g/mol. The van der Waals surface area contributed by atoms with Crippen LogP contribution in [0.4, 0.5) is 0 Å². The van der Waals surface area contributed by atoms with Crippen LogP contribution < -0.4 is 5.56 Å². The highest BCUT2D eigenvalue weighted by Gasteiger charge is 2.17. The van der Waals surface area contributed by atoms with Gasteiger partial charge in [-0.3, -0.25) is 14.4 Å². The topological polar surface area (TPSA) is 90.8 Å². The van der Waals surface area contributed by atoms with Gasteiger partial charge in [-0.05, 0) is 24.4 Å². The molecule has 0 fully saturated rings. The fraction of sp³-hybridized carbons (Fsp3) is 0.143. The van der Waals surface area contributed by atoms with Crippen molar-refractivity contribution in [3.05, 3.63) is 55.6 Å². The molecule has 0 amide bonds. The number of pyridine rings is 1. The Kier molecular flexibility index (Phi) is 3.91. The summed E-state index contributed by atoms with van der Waals surface area (Å²) in [6.45, 7) is 1.56. The normalized spacial score (nSPS) is 10.0. The van der Waals surface area contributed by atoms with E-state index in [1.54, 1.807) is 30.5 Å². The standard InChI is InChI=1S/C14H10N2O3S/c1-8-10(5-9(7-15)14(19)16-8)11(17)6-12(18)13-3-2-4-20-13/h2-5H,6H2,1H3,(H,16,19). The predicted molar refractivity (Wildman–Crippen MR) is 74.1 cm³/mol. The molecule has 2 aromatic rings. The molecule has 100 valence electrons. The molecule has 5 nitrogen and oxygen atoms in total. The second kappa shape index (κ2) is 5.63. The van der Waals surface area contributed by atoms with Crippen molar-refractivity contribution in [2.24, 2.45) is 0 Å². The summed E-state index contributed by atoms with van der Waals surface area (Å²) < 4.78 is 0. The van der Waals surface area contributed by atoms with Gasteiger partial charge >= 0.3 is 0 Å². The van der Waals surface area contributed by atoms with Gasteiger partial charge < -0.3 is 4.98 Å². The van der Waals surface area contributed by atoms with Crippen LogP contribution in [-0.2, 0) is 0 Å². The fourth-order valence-electron chi connectivity index (χ4n) is 1.76. The maximum Gasteiger partial charge on any atom is 0.266 e. The van der Waals surface area contributed by atoms with Gasteiger partial charge in [0.1, 0.15) is 11.6 Å². The van der Waals surface area contributed by atoms with Crippen LogP contribution in [0.3, 0.4) is 0 Å². The molecule has 0 atom stereocenters. The van der Waals surface area contributed by atoms with E-state index in [9.17, 15) is 14.4 Å². The Hall–Kier alpha value is -2.52. The van der Waals surface area contributed by atoms with Crippen LogP contribution in [0.15, 0.2) is 28.4 Å². The number of nitriles is 1. The zero-order valence-corrected chi connectivity index (χ0v) is 11.4. The van der Waals surface area contributed by atoms with Crippen molar-refractivity contribution in [2.75, 3.05) is 0 Å². The number of H-pyrrole nitrogens is 1. The highest BCUT2D eigenvalue weighted by Crippen LogP contribution is 2.14. The predicted octanol–water partition coefficient (Wildman–Crippen LogP) is 2.07. The Morgan fingerprint density at radius 1 is 1.40 bits per heavy atom. The maximum atomic E-state index is 12.1. The van der Waals surface area contributed by atoms with Crippen molar-refractivity contribution in [1.29, 1.82) is 5.26 Å². The zero-order chi connectivity index (χ0) is 14.7. The van der Waals surface area contributed by atoms with Gasteiger partial charge in [0.25, 0.3) is 5.56 Å². The summed E-state index contributed by atoms with van der Waals surface area (Å²) in [5.74, 6) is -0.678. The summed E-state index contributed by atoms with van der Waals surface area (Å²) in [7, 11) is 0. The molecule has 0 saturated carbocycles. The summed E-state index contributed by atoms with van der Waals surface area (Å²) in [4.78, 5) is 38.3. The molecule has 0 aliphatic heterocycles. The lowest BCUT2D eigenvalue weighted by molar-refractivity contribution is 0.0896. The second-order valence-corrected chi connectivity index (χ2v) is 5.11. The Bertz CT molecular complexity index is 767. The Labute approximate surface area is 118 Å². The van der Waals surface area contributed by atoms with Gasteiger partial charge in [-0.15, -0.1) is 11.3 Å². The molecule has 0 aliphatic carbocycles. The minimum atomic E-state index is -0.536. The number of aromatic amines is 1. The average molecular weight is 286 g/mol. The number of nitrogens with one attached hydrogen (secondary N) is 1. The lowest BCUT2D eigenvalue weighted by Gasteiger charge is -2.04. The quantitative estimate of drug-likeness (QED) is 0.688. The van der Waals surface area contributed by atoms with Gasteiger partial charge in [0.15, 0.2) is 11.6 Å². The van der Waals surface area contributed by atoms with Crippen LogP contribution in [0, 0.1) is 18.3 Å². The highest BCUT2D eigenvalue weighted by molar-refractivity contribution is 7.12. The summed E-state index contributed by atoms with van der Waals surface area (Å²) in [6.07, 6.45) is -0.279. The van der Waals surface area contributed by atoms with Crippen molar-refractivity contribution >= 4 is 22.9 Å². The first-order chi connectivity index (χ1) is 9.52. The first-order valence-electron chi connectivity index (χ1n) is 5.77. The number of thiophene rings is 1. The number of Topliss-reactive ketones (excluding diaryl/α,β-unsaturated/α-hetero) is 2. The van der Waals surface area contributed by atoms with Gasteiger partial charge in [0, 0.05) is 11.3 Å². The number of ketones is 2. The van der Waals surface area contributed by atoms with E-state index in [0.29, 0.717) is 10.6 Å². The number of carbonyl (C=O) groups excluding carboxylic acids is 2. The molecule has 0 radical (unpaired) electrons. The molecule has 0 aromatic carbocycles. The van der Waals surface area contributed by atoms with Crippen molar-refractivity contribution in [3.63, 3.8) is 0 Å². The molecule has 1 N–H and O–H groups in total. The van der Waals surface area contributed by atoms with E-state index in [4.69, 9.17) is 5.26 Å². The van der Waals surface area contributed by atoms with E-state index in [1.165, 1.54) is 17.4 Å². The van der Waals surface area contributed by atoms with Crippen LogP contribution in [0.5, 0.6) is 0 Å². The van der Waals surface area contributed by atoms with Crippen molar-refractivity contribution < 1.29 is 9.59 Å². The van der Waals surface area contributed by atoms with E-state index in [0.717, 1.165) is 0 Å². The highest BCUT2D eigenvalue weighted by atomic mass is 32.1. The lowest BCUT2D eigenvalue weighted by Crippen LogP contribution is -2.17. The first kappa shape index (κ1) is 13.9. The summed E-state index contributed by atoms with van der Waals surface area (Å²) in [6, 6.07) is 6.35. The number of nitrogens with zero attached hydrogens (tertiary/aromatic N) is 1. The third-order valence-electron chi connectivity index (χ3n) is 2.78. The van der Waals surface area contributed by atoms with E-state index in [-0.39, 0.29) is 23.3 Å². The van der Waals surface area contributed by atoms with Crippen LogP contribution in [0.1, 0.15) is 37.7 Å². The minimum Gasteiger partial charge on any atom is -0.325 e. The van der Waals surface area contributed by atoms with Crippen LogP contribution in [0.2, 0.25) is 0 Å². The van der Waals surface area contributed by atoms with Gasteiger partial charge in [-0.2, -0.15) is 5.26 Å². The van der Waals surface area contributed by atoms with Crippen molar-refractivity contribution in [3.8, 4) is 6.07 Å². The molecule has 2 aromatic heterocycles. The van der Waals surface area contributed by atoms with Gasteiger partial charge in [0.05, 0.1) is 11.3 Å². The van der Waals surface area contributed by atoms with E-state index in [1.807, 2.05) is 0 Å². The maximum absolute atomic E-state index is 12.1. The molecule has 0 aliphatic rings. The fourth-order valence-corrected chi connectivity index (χ4v) is 2.43. The Balaban J connectivity index is 2.28. The lowest BCUT2D eigenvalue weighted by atomic mass is 10.0. The molecule has 20 heavy (non-hydrogen) atoms. The third kappa shape index (κ3) is 2.73. The number of hydrogen-bond acceptors (Lipinski definition) is 5. The molecule has 0 unspecified atom stereocenters. The smallest absolute Gasteiger partial charge is 0.266 e. The second-order valence-electron chi connectivity index (χ2n) is 4.16. The average Bonchev–Trinajstić information content (AvgIpc) is 2.92. The minimum absolute atomic E-state index is 0.137. The Morgan fingerprint density at radius 2 is 2.15 bits per heavy atom.